The molecule has 0 radical (unpaired) electrons. The molecule has 0 aromatic rings. The molecular weight excluding hydrogens is 391 g/mol. The third-order valence-electron chi connectivity index (χ3n) is 5.48. The standard InChI is InChI=1S/C18H32N4O3.2ClH/c23-17(20-15-4-2-1-3-5-15)13-21-7-9-22(10-8-21)18(24)12-16-14-25-11-6-19-16;;/h15-16,19H,1-14H2,(H,20,23);2*1H. The molecule has 0 spiro atoms. The minimum absolute atomic E-state index is 0. The van der Waals surface area contributed by atoms with Crippen LogP contribution in [0.4, 0.5) is 0 Å². The molecule has 2 saturated heterocycles. The number of nitrogens with one attached hydrogen (secondary N) is 2. The van der Waals surface area contributed by atoms with Gasteiger partial charge in [0, 0.05) is 51.2 Å². The number of rotatable bonds is 5. The molecule has 3 rings (SSSR count). The third kappa shape index (κ3) is 8.11. The normalized spacial score (nSPS) is 24.4. The molecule has 2 aliphatic heterocycles. The molecule has 3 aliphatic rings. The van der Waals surface area contributed by atoms with Crippen molar-refractivity contribution in [1.82, 2.24) is 20.4 Å². The Morgan fingerprint density at radius 3 is 2.37 bits per heavy atom. The molecule has 3 fully saturated rings. The molecule has 2 amide bonds. The van der Waals surface area contributed by atoms with E-state index in [1.165, 1.54) is 19.3 Å². The van der Waals surface area contributed by atoms with E-state index in [0.717, 1.165) is 39.1 Å². The summed E-state index contributed by atoms with van der Waals surface area (Å²) in [5.74, 6) is 0.324. The molecule has 9 heteroatoms. The first-order chi connectivity index (χ1) is 12.2. The maximum absolute atomic E-state index is 12.4. The van der Waals surface area contributed by atoms with Gasteiger partial charge in [0.2, 0.25) is 11.8 Å². The fourth-order valence-corrected chi connectivity index (χ4v) is 3.97. The van der Waals surface area contributed by atoms with Gasteiger partial charge in [-0.3, -0.25) is 14.5 Å². The van der Waals surface area contributed by atoms with Gasteiger partial charge in [0.15, 0.2) is 0 Å². The molecule has 158 valence electrons. The highest BCUT2D eigenvalue weighted by molar-refractivity contribution is 5.85. The van der Waals surface area contributed by atoms with Crippen molar-refractivity contribution in [2.75, 3.05) is 52.5 Å². The quantitative estimate of drug-likeness (QED) is 0.682. The molecular formula is C18H34Cl2N4O3. The van der Waals surface area contributed by atoms with E-state index in [1.807, 2.05) is 4.90 Å². The first kappa shape index (κ1) is 24.4. The first-order valence-corrected chi connectivity index (χ1v) is 9.81. The fourth-order valence-electron chi connectivity index (χ4n) is 3.97. The highest BCUT2D eigenvalue weighted by Crippen LogP contribution is 2.17. The van der Waals surface area contributed by atoms with E-state index in [-0.39, 0.29) is 42.7 Å². The topological polar surface area (TPSA) is 73.9 Å². The van der Waals surface area contributed by atoms with Crippen LogP contribution in [0.15, 0.2) is 0 Å². The summed E-state index contributed by atoms with van der Waals surface area (Å²) in [6.45, 7) is 5.60. The van der Waals surface area contributed by atoms with E-state index >= 15 is 0 Å². The van der Waals surface area contributed by atoms with Crippen LogP contribution >= 0.6 is 24.8 Å². The van der Waals surface area contributed by atoms with Crippen LogP contribution in [0.3, 0.4) is 0 Å². The van der Waals surface area contributed by atoms with Gasteiger partial charge in [0.25, 0.3) is 0 Å². The number of halogens is 2. The molecule has 0 aromatic heterocycles. The van der Waals surface area contributed by atoms with Gasteiger partial charge >= 0.3 is 0 Å². The lowest BCUT2D eigenvalue weighted by atomic mass is 9.95. The summed E-state index contributed by atoms with van der Waals surface area (Å²) in [7, 11) is 0. The van der Waals surface area contributed by atoms with E-state index < -0.39 is 0 Å². The highest BCUT2D eigenvalue weighted by Gasteiger charge is 2.26. The maximum atomic E-state index is 12.4. The summed E-state index contributed by atoms with van der Waals surface area (Å²) in [4.78, 5) is 28.7. The van der Waals surface area contributed by atoms with Crippen LogP contribution in [0.5, 0.6) is 0 Å². The predicted octanol–water partition coefficient (Wildman–Crippen LogP) is 0.802. The van der Waals surface area contributed by atoms with E-state index in [2.05, 4.69) is 15.5 Å². The van der Waals surface area contributed by atoms with Crippen molar-refractivity contribution in [1.29, 1.82) is 0 Å². The molecule has 27 heavy (non-hydrogen) atoms. The second-order valence-corrected chi connectivity index (χ2v) is 7.49. The van der Waals surface area contributed by atoms with Crippen LogP contribution < -0.4 is 10.6 Å². The van der Waals surface area contributed by atoms with Crippen LogP contribution in [0.1, 0.15) is 38.5 Å². The maximum Gasteiger partial charge on any atom is 0.234 e. The predicted molar refractivity (Wildman–Crippen MR) is 110 cm³/mol. The number of hydrogen-bond donors (Lipinski definition) is 2. The molecule has 2 heterocycles. The van der Waals surface area contributed by atoms with Gasteiger partial charge in [-0.2, -0.15) is 0 Å². The van der Waals surface area contributed by atoms with E-state index in [0.29, 0.717) is 38.7 Å². The average molecular weight is 425 g/mol. The van der Waals surface area contributed by atoms with Gasteiger partial charge < -0.3 is 20.3 Å². The molecule has 2 N–H and O–H groups in total. The van der Waals surface area contributed by atoms with Crippen molar-refractivity contribution in [3.63, 3.8) is 0 Å². The summed E-state index contributed by atoms with van der Waals surface area (Å²) in [5.41, 5.74) is 0. The second kappa shape index (κ2) is 12.8. The van der Waals surface area contributed by atoms with Crippen molar-refractivity contribution in [2.24, 2.45) is 0 Å². The number of piperazine rings is 1. The Kier molecular flexibility index (Phi) is 11.6. The molecule has 1 saturated carbocycles. The number of carbonyl (C=O) groups excluding carboxylic acids is 2. The van der Waals surface area contributed by atoms with E-state index in [1.54, 1.807) is 0 Å². The van der Waals surface area contributed by atoms with Crippen LogP contribution in [0, 0.1) is 0 Å². The van der Waals surface area contributed by atoms with E-state index in [9.17, 15) is 9.59 Å². The Bertz CT molecular complexity index is 450. The van der Waals surface area contributed by atoms with Crippen molar-refractivity contribution >= 4 is 36.6 Å². The Labute approximate surface area is 174 Å². The Morgan fingerprint density at radius 2 is 1.74 bits per heavy atom. The monoisotopic (exact) mass is 424 g/mol. The van der Waals surface area contributed by atoms with Gasteiger partial charge in [-0.1, -0.05) is 19.3 Å². The minimum Gasteiger partial charge on any atom is -0.378 e. The zero-order valence-corrected chi connectivity index (χ0v) is 17.6. The van der Waals surface area contributed by atoms with Gasteiger partial charge in [0.1, 0.15) is 0 Å². The number of morpholine rings is 1. The molecule has 0 bridgehead atoms. The molecule has 1 aliphatic carbocycles. The molecule has 0 aromatic carbocycles. The largest absolute Gasteiger partial charge is 0.378 e. The minimum atomic E-state index is 0. The number of hydrogen-bond acceptors (Lipinski definition) is 5. The number of ether oxygens (including phenoxy) is 1. The van der Waals surface area contributed by atoms with Gasteiger partial charge in [-0.15, -0.1) is 24.8 Å². The van der Waals surface area contributed by atoms with Crippen LogP contribution in [0.25, 0.3) is 0 Å². The second-order valence-electron chi connectivity index (χ2n) is 7.49. The zero-order chi connectivity index (χ0) is 17.5. The Morgan fingerprint density at radius 1 is 1.04 bits per heavy atom. The number of amides is 2. The highest BCUT2D eigenvalue weighted by atomic mass is 35.5. The average Bonchev–Trinajstić information content (AvgIpc) is 2.64. The molecule has 1 atom stereocenters. The smallest absolute Gasteiger partial charge is 0.234 e. The summed E-state index contributed by atoms with van der Waals surface area (Å²) < 4.78 is 5.41. The molecule has 1 unspecified atom stereocenters. The van der Waals surface area contributed by atoms with E-state index in [4.69, 9.17) is 4.74 Å². The van der Waals surface area contributed by atoms with Gasteiger partial charge in [0.05, 0.1) is 19.8 Å². The summed E-state index contributed by atoms with van der Waals surface area (Å²) in [6, 6.07) is 0.509. The van der Waals surface area contributed by atoms with Gasteiger partial charge in [-0.05, 0) is 12.8 Å². The van der Waals surface area contributed by atoms with Crippen molar-refractivity contribution in [3.8, 4) is 0 Å². The summed E-state index contributed by atoms with van der Waals surface area (Å²) in [5, 5.41) is 6.50. The number of carbonyl (C=O) groups is 2. The van der Waals surface area contributed by atoms with Crippen molar-refractivity contribution in [3.05, 3.63) is 0 Å². The fraction of sp³-hybridized carbons (Fsp3) is 0.889. The lowest BCUT2D eigenvalue weighted by Crippen LogP contribution is -2.53. The lowest BCUT2D eigenvalue weighted by molar-refractivity contribution is -0.134. The van der Waals surface area contributed by atoms with Crippen LogP contribution in [0.2, 0.25) is 0 Å². The summed E-state index contributed by atoms with van der Waals surface area (Å²) >= 11 is 0. The van der Waals surface area contributed by atoms with Crippen molar-refractivity contribution in [2.45, 2.75) is 50.6 Å². The SMILES string of the molecule is Cl.Cl.O=C(CN1CCN(C(=O)CC2COCCN2)CC1)NC1CCCCC1. The molecule has 7 nitrogen and oxygen atoms in total. The summed E-state index contributed by atoms with van der Waals surface area (Å²) in [6.07, 6.45) is 6.49. The Balaban J connectivity index is 0.00000182. The Hall–Kier alpha value is -0.600. The lowest BCUT2D eigenvalue weighted by Gasteiger charge is -2.35. The third-order valence-corrected chi connectivity index (χ3v) is 5.48. The van der Waals surface area contributed by atoms with Crippen LogP contribution in [-0.2, 0) is 14.3 Å². The zero-order valence-electron chi connectivity index (χ0n) is 16.0. The first-order valence-electron chi connectivity index (χ1n) is 9.81. The van der Waals surface area contributed by atoms with Gasteiger partial charge in [-0.25, -0.2) is 0 Å². The van der Waals surface area contributed by atoms with Crippen LogP contribution in [-0.4, -0.2) is 86.2 Å². The van der Waals surface area contributed by atoms with Crippen molar-refractivity contribution < 1.29 is 14.3 Å². The number of nitrogens with zero attached hydrogens (tertiary/aromatic N) is 2.